The lowest BCUT2D eigenvalue weighted by Gasteiger charge is -2.24. The Morgan fingerprint density at radius 2 is 1.83 bits per heavy atom. The van der Waals surface area contributed by atoms with E-state index < -0.39 is 0 Å². The fourth-order valence-corrected chi connectivity index (χ4v) is 4.57. The summed E-state index contributed by atoms with van der Waals surface area (Å²) in [5.74, 6) is 0.660. The summed E-state index contributed by atoms with van der Waals surface area (Å²) >= 11 is 1.48. The van der Waals surface area contributed by atoms with Crippen LogP contribution in [0.1, 0.15) is 39.6 Å². The van der Waals surface area contributed by atoms with E-state index in [0.29, 0.717) is 42.8 Å². The van der Waals surface area contributed by atoms with Gasteiger partial charge < -0.3 is 19.9 Å². The highest BCUT2D eigenvalue weighted by Gasteiger charge is 2.27. The Balaban J connectivity index is 1.51. The lowest BCUT2D eigenvalue weighted by molar-refractivity contribution is 0.0336. The molecule has 7 nitrogen and oxygen atoms in total. The number of anilines is 1. The van der Waals surface area contributed by atoms with Crippen LogP contribution in [0.5, 0.6) is 0 Å². The molecule has 0 bridgehead atoms. The van der Waals surface area contributed by atoms with E-state index in [-0.39, 0.29) is 12.0 Å². The molecule has 2 aromatic carbocycles. The summed E-state index contributed by atoms with van der Waals surface area (Å²) in [7, 11) is 3.93. The first-order chi connectivity index (χ1) is 17.1. The standard InChI is InChI=1S/C27H33N5O2S/c1-28-14-13-24(20-9-5-4-6-10-20)34-19-22-12-8-7-11-21(22)18-32-16-15-31(2)25-23(26(32)33)17-29-27(30-25)35-3/h4-12,17,24,28H,13-16,18-19H2,1-3H3. The van der Waals surface area contributed by atoms with E-state index >= 15 is 0 Å². The van der Waals surface area contributed by atoms with Crippen molar-refractivity contribution in [2.75, 3.05) is 44.9 Å². The van der Waals surface area contributed by atoms with Gasteiger partial charge in [0, 0.05) is 32.9 Å². The van der Waals surface area contributed by atoms with Gasteiger partial charge >= 0.3 is 0 Å². The number of carbonyl (C=O) groups excluding carboxylic acids is 1. The highest BCUT2D eigenvalue weighted by atomic mass is 32.2. The van der Waals surface area contributed by atoms with Crippen LogP contribution in [0.15, 0.2) is 66.0 Å². The van der Waals surface area contributed by atoms with E-state index in [4.69, 9.17) is 4.74 Å². The van der Waals surface area contributed by atoms with Crippen LogP contribution in [0, 0.1) is 0 Å². The molecule has 1 atom stereocenters. The first kappa shape index (κ1) is 25.2. The average molecular weight is 492 g/mol. The minimum Gasteiger partial charge on any atom is -0.369 e. The van der Waals surface area contributed by atoms with Crippen LogP contribution in [0.4, 0.5) is 5.82 Å². The van der Waals surface area contributed by atoms with Crippen LogP contribution in [-0.2, 0) is 17.9 Å². The Morgan fingerprint density at radius 3 is 2.57 bits per heavy atom. The van der Waals surface area contributed by atoms with Crippen molar-refractivity contribution in [3.8, 4) is 0 Å². The molecule has 4 rings (SSSR count). The zero-order valence-corrected chi connectivity index (χ0v) is 21.4. The maximum Gasteiger partial charge on any atom is 0.259 e. The molecule has 1 unspecified atom stereocenters. The monoisotopic (exact) mass is 491 g/mol. The molecule has 1 N–H and O–H groups in total. The SMILES string of the molecule is CNCCC(OCc1ccccc1CN1CCN(C)c2nc(SC)ncc2C1=O)c1ccccc1. The van der Waals surface area contributed by atoms with Gasteiger partial charge in [0.05, 0.1) is 12.7 Å². The highest BCUT2D eigenvalue weighted by molar-refractivity contribution is 7.98. The van der Waals surface area contributed by atoms with Crippen LogP contribution in [0.25, 0.3) is 0 Å². The molecule has 8 heteroatoms. The first-order valence-corrected chi connectivity index (χ1v) is 13.1. The number of ether oxygens (including phenoxy) is 1. The number of nitrogens with zero attached hydrogens (tertiary/aromatic N) is 4. The third-order valence-electron chi connectivity index (χ3n) is 6.26. The molecule has 0 spiro atoms. The van der Waals surface area contributed by atoms with Gasteiger partial charge in [0.1, 0.15) is 11.4 Å². The highest BCUT2D eigenvalue weighted by Crippen LogP contribution is 2.27. The fourth-order valence-electron chi connectivity index (χ4n) is 4.23. The van der Waals surface area contributed by atoms with Crippen molar-refractivity contribution in [2.24, 2.45) is 0 Å². The van der Waals surface area contributed by atoms with E-state index in [1.807, 2.05) is 60.5 Å². The van der Waals surface area contributed by atoms with Gasteiger partial charge in [-0.05, 0) is 43.0 Å². The quantitative estimate of drug-likeness (QED) is 0.337. The van der Waals surface area contributed by atoms with E-state index in [1.165, 1.54) is 17.3 Å². The van der Waals surface area contributed by atoms with Crippen LogP contribution < -0.4 is 10.2 Å². The summed E-state index contributed by atoms with van der Waals surface area (Å²) in [6.07, 6.45) is 4.48. The molecule has 3 aromatic rings. The molecule has 1 aliphatic rings. The molecule has 2 heterocycles. The lowest BCUT2D eigenvalue weighted by Crippen LogP contribution is -2.33. The number of fused-ring (bicyclic) bond motifs is 1. The van der Waals surface area contributed by atoms with E-state index in [2.05, 4.69) is 39.6 Å². The molecule has 1 aromatic heterocycles. The van der Waals surface area contributed by atoms with Gasteiger partial charge in [-0.15, -0.1) is 0 Å². The number of likely N-dealkylation sites (N-methyl/N-ethyl adjacent to an activating group) is 1. The maximum atomic E-state index is 13.4. The van der Waals surface area contributed by atoms with Crippen molar-refractivity contribution >= 4 is 23.5 Å². The molecule has 0 aliphatic carbocycles. The number of aromatic nitrogens is 2. The van der Waals surface area contributed by atoms with Gasteiger partial charge in [0.25, 0.3) is 5.91 Å². The Bertz CT molecular complexity index is 1130. The van der Waals surface area contributed by atoms with E-state index in [9.17, 15) is 4.79 Å². The van der Waals surface area contributed by atoms with Gasteiger partial charge in [-0.25, -0.2) is 9.97 Å². The molecule has 0 saturated carbocycles. The normalized spacial score (nSPS) is 14.5. The Hall–Kier alpha value is -2.94. The number of rotatable bonds is 10. The van der Waals surface area contributed by atoms with Crippen molar-refractivity contribution < 1.29 is 9.53 Å². The van der Waals surface area contributed by atoms with Gasteiger partial charge in [-0.3, -0.25) is 4.79 Å². The maximum absolute atomic E-state index is 13.4. The van der Waals surface area contributed by atoms with Crippen LogP contribution in [0.3, 0.4) is 0 Å². The van der Waals surface area contributed by atoms with Crippen LogP contribution in [0.2, 0.25) is 0 Å². The molecule has 0 fully saturated rings. The number of hydrogen-bond acceptors (Lipinski definition) is 7. The summed E-state index contributed by atoms with van der Waals surface area (Å²) < 4.78 is 6.42. The molecule has 0 saturated heterocycles. The second kappa shape index (κ2) is 12.2. The minimum atomic E-state index is -0.0380. The van der Waals surface area contributed by atoms with E-state index in [1.54, 1.807) is 6.20 Å². The summed E-state index contributed by atoms with van der Waals surface area (Å²) in [6, 6.07) is 18.6. The Labute approximate surface area is 211 Å². The van der Waals surface area contributed by atoms with Crippen molar-refractivity contribution in [3.63, 3.8) is 0 Å². The zero-order valence-electron chi connectivity index (χ0n) is 20.6. The number of nitrogens with one attached hydrogen (secondary N) is 1. The molecule has 0 radical (unpaired) electrons. The predicted octanol–water partition coefficient (Wildman–Crippen LogP) is 4.16. The first-order valence-electron chi connectivity index (χ1n) is 11.9. The molecule has 184 valence electrons. The summed E-state index contributed by atoms with van der Waals surface area (Å²) in [6.45, 7) is 3.20. The van der Waals surface area contributed by atoms with Crippen molar-refractivity contribution in [2.45, 2.75) is 30.8 Å². The lowest BCUT2D eigenvalue weighted by atomic mass is 10.1. The molecular formula is C27H33N5O2S. The smallest absolute Gasteiger partial charge is 0.259 e. The second-order valence-electron chi connectivity index (χ2n) is 8.61. The van der Waals surface area contributed by atoms with Gasteiger partial charge in [-0.2, -0.15) is 0 Å². The second-order valence-corrected chi connectivity index (χ2v) is 9.39. The number of hydrogen-bond donors (Lipinski definition) is 1. The number of amides is 1. The average Bonchev–Trinajstić information content (AvgIpc) is 3.01. The zero-order chi connectivity index (χ0) is 24.6. The number of thioether (sulfide) groups is 1. The predicted molar refractivity (Wildman–Crippen MR) is 141 cm³/mol. The largest absolute Gasteiger partial charge is 0.369 e. The third-order valence-corrected chi connectivity index (χ3v) is 6.82. The van der Waals surface area contributed by atoms with Gasteiger partial charge in [0.15, 0.2) is 5.16 Å². The van der Waals surface area contributed by atoms with Gasteiger partial charge in [0.2, 0.25) is 0 Å². The minimum absolute atomic E-state index is 0.000156. The summed E-state index contributed by atoms with van der Waals surface area (Å²) in [4.78, 5) is 26.3. The molecule has 35 heavy (non-hydrogen) atoms. The van der Waals surface area contributed by atoms with Crippen LogP contribution in [-0.4, -0.2) is 60.8 Å². The fraction of sp³-hybridized carbons (Fsp3) is 0.370. The van der Waals surface area contributed by atoms with Gasteiger partial charge in [-0.1, -0.05) is 66.4 Å². The number of carbonyl (C=O) groups is 1. The third kappa shape index (κ3) is 6.20. The Kier molecular flexibility index (Phi) is 8.74. The van der Waals surface area contributed by atoms with Crippen molar-refractivity contribution in [3.05, 3.63) is 83.0 Å². The van der Waals surface area contributed by atoms with Crippen molar-refractivity contribution in [1.29, 1.82) is 0 Å². The topological polar surface area (TPSA) is 70.6 Å². The van der Waals surface area contributed by atoms with Crippen LogP contribution >= 0.6 is 11.8 Å². The molecule has 1 aliphatic heterocycles. The number of benzene rings is 2. The Morgan fingerprint density at radius 1 is 1.09 bits per heavy atom. The molecular weight excluding hydrogens is 458 g/mol. The van der Waals surface area contributed by atoms with Crippen molar-refractivity contribution in [1.82, 2.24) is 20.2 Å². The summed E-state index contributed by atoms with van der Waals surface area (Å²) in [5.41, 5.74) is 3.91. The summed E-state index contributed by atoms with van der Waals surface area (Å²) in [5, 5.41) is 3.89. The van der Waals surface area contributed by atoms with E-state index in [0.717, 1.165) is 24.1 Å². The molecule has 1 amide bonds.